The predicted molar refractivity (Wildman–Crippen MR) is 89.2 cm³/mol. The number of aromatic nitrogens is 1. The van der Waals surface area contributed by atoms with Gasteiger partial charge in [-0.2, -0.15) is 0 Å². The number of benzene rings is 1. The summed E-state index contributed by atoms with van der Waals surface area (Å²) in [7, 11) is 1.26. The lowest BCUT2D eigenvalue weighted by molar-refractivity contribution is 0.0603. The highest BCUT2D eigenvalue weighted by Gasteiger charge is 2.23. The minimum absolute atomic E-state index is 0.0532. The zero-order valence-electron chi connectivity index (χ0n) is 12.5. The van der Waals surface area contributed by atoms with Gasteiger partial charge in [-0.1, -0.05) is 17.7 Å². The van der Waals surface area contributed by atoms with Crippen molar-refractivity contribution >= 4 is 46.0 Å². The number of nitrogen functional groups attached to an aromatic ring is 1. The number of hydrogen-bond acceptors (Lipinski definition) is 6. The molecule has 0 fully saturated rings. The van der Waals surface area contributed by atoms with E-state index in [1.165, 1.54) is 13.3 Å². The van der Waals surface area contributed by atoms with Crippen LogP contribution in [-0.2, 0) is 4.74 Å². The monoisotopic (exact) mass is 345 g/mol. The van der Waals surface area contributed by atoms with Gasteiger partial charge in [-0.3, -0.25) is 4.79 Å². The van der Waals surface area contributed by atoms with E-state index >= 15 is 0 Å². The number of nitrogens with one attached hydrogen (secondary N) is 1. The van der Waals surface area contributed by atoms with Gasteiger partial charge in [0.2, 0.25) is 5.76 Å². The molecule has 0 unspecified atom stereocenters. The van der Waals surface area contributed by atoms with Gasteiger partial charge in [0.15, 0.2) is 0 Å². The SMILES string of the molecule is COC(=O)c1cccc2oc(C(=O)Nc3ccc(Cl)cn3)c(N)c12. The summed E-state index contributed by atoms with van der Waals surface area (Å²) in [5, 5.41) is 3.33. The third-order valence-electron chi connectivity index (χ3n) is 3.33. The Hall–Kier alpha value is -3.06. The van der Waals surface area contributed by atoms with Crippen molar-refractivity contribution in [3.8, 4) is 0 Å². The Morgan fingerprint density at radius 3 is 2.75 bits per heavy atom. The first-order valence-corrected chi connectivity index (χ1v) is 7.21. The number of halogens is 1. The normalized spacial score (nSPS) is 10.6. The number of esters is 1. The summed E-state index contributed by atoms with van der Waals surface area (Å²) in [5.41, 5.74) is 6.59. The molecule has 0 saturated carbocycles. The van der Waals surface area contributed by atoms with Crippen LogP contribution in [0.3, 0.4) is 0 Å². The fraction of sp³-hybridized carbons (Fsp3) is 0.0625. The fourth-order valence-corrected chi connectivity index (χ4v) is 2.36. The molecule has 0 aliphatic rings. The molecule has 3 aromatic rings. The Balaban J connectivity index is 2.00. The Bertz CT molecular complexity index is 934. The maximum absolute atomic E-state index is 12.4. The highest BCUT2D eigenvalue weighted by Crippen LogP contribution is 2.32. The van der Waals surface area contributed by atoms with Gasteiger partial charge in [0.1, 0.15) is 11.4 Å². The van der Waals surface area contributed by atoms with E-state index in [2.05, 4.69) is 10.3 Å². The number of carbonyl (C=O) groups excluding carboxylic acids is 2. The number of furan rings is 1. The number of ether oxygens (including phenoxy) is 1. The maximum atomic E-state index is 12.4. The number of nitrogens with zero attached hydrogens (tertiary/aromatic N) is 1. The van der Waals surface area contributed by atoms with Crippen LogP contribution < -0.4 is 11.1 Å². The molecule has 8 heteroatoms. The highest BCUT2D eigenvalue weighted by molar-refractivity contribution is 6.30. The largest absolute Gasteiger partial charge is 0.465 e. The third-order valence-corrected chi connectivity index (χ3v) is 3.56. The van der Waals surface area contributed by atoms with Crippen LogP contribution in [-0.4, -0.2) is 24.0 Å². The number of carbonyl (C=O) groups is 2. The van der Waals surface area contributed by atoms with Crippen molar-refractivity contribution in [2.75, 3.05) is 18.2 Å². The number of anilines is 2. The lowest BCUT2D eigenvalue weighted by Crippen LogP contribution is -2.13. The average molecular weight is 346 g/mol. The molecule has 122 valence electrons. The second-order valence-electron chi connectivity index (χ2n) is 4.83. The molecule has 1 aromatic carbocycles. The molecule has 0 atom stereocenters. The quantitative estimate of drug-likeness (QED) is 0.706. The van der Waals surface area contributed by atoms with Crippen molar-refractivity contribution in [3.05, 3.63) is 52.9 Å². The molecule has 0 aliphatic carbocycles. The number of pyridine rings is 1. The summed E-state index contributed by atoms with van der Waals surface area (Å²) in [4.78, 5) is 28.2. The second kappa shape index (κ2) is 6.21. The fourth-order valence-electron chi connectivity index (χ4n) is 2.24. The van der Waals surface area contributed by atoms with Crippen LogP contribution in [0.25, 0.3) is 11.0 Å². The van der Waals surface area contributed by atoms with Crippen molar-refractivity contribution in [3.63, 3.8) is 0 Å². The standard InChI is InChI=1S/C16H12ClN3O4/c1-23-16(22)9-3-2-4-10-12(9)13(18)14(24-10)15(21)20-11-6-5-8(17)7-19-11/h2-7H,18H2,1H3,(H,19,20,21). The third kappa shape index (κ3) is 2.77. The second-order valence-corrected chi connectivity index (χ2v) is 5.27. The van der Waals surface area contributed by atoms with Crippen LogP contribution in [0.5, 0.6) is 0 Å². The lowest BCUT2D eigenvalue weighted by Gasteiger charge is -2.03. The van der Waals surface area contributed by atoms with Gasteiger partial charge in [0.05, 0.1) is 28.8 Å². The molecule has 0 aliphatic heterocycles. The van der Waals surface area contributed by atoms with E-state index in [0.29, 0.717) is 16.0 Å². The number of nitrogens with two attached hydrogens (primary N) is 1. The number of methoxy groups -OCH3 is 1. The molecule has 2 heterocycles. The molecular weight excluding hydrogens is 334 g/mol. The van der Waals surface area contributed by atoms with E-state index in [1.54, 1.807) is 30.3 Å². The first-order valence-electron chi connectivity index (χ1n) is 6.83. The number of rotatable bonds is 3. The lowest BCUT2D eigenvalue weighted by atomic mass is 10.1. The Morgan fingerprint density at radius 1 is 1.29 bits per heavy atom. The minimum Gasteiger partial charge on any atom is -0.465 e. The Kier molecular flexibility index (Phi) is 4.09. The highest BCUT2D eigenvalue weighted by atomic mass is 35.5. The predicted octanol–water partition coefficient (Wildman–Crippen LogP) is 3.10. The van der Waals surface area contributed by atoms with E-state index in [9.17, 15) is 9.59 Å². The smallest absolute Gasteiger partial charge is 0.338 e. The zero-order valence-corrected chi connectivity index (χ0v) is 13.3. The molecule has 0 radical (unpaired) electrons. The summed E-state index contributed by atoms with van der Waals surface area (Å²) in [5.74, 6) is -0.982. The number of hydrogen-bond donors (Lipinski definition) is 2. The van der Waals surface area contributed by atoms with E-state index < -0.39 is 11.9 Å². The Morgan fingerprint density at radius 2 is 2.08 bits per heavy atom. The minimum atomic E-state index is -0.589. The molecule has 2 aromatic heterocycles. The van der Waals surface area contributed by atoms with Crippen molar-refractivity contribution in [1.82, 2.24) is 4.98 Å². The molecule has 0 spiro atoms. The van der Waals surface area contributed by atoms with Crippen molar-refractivity contribution < 1.29 is 18.7 Å². The molecule has 0 saturated heterocycles. The summed E-state index contributed by atoms with van der Waals surface area (Å²) in [6.45, 7) is 0. The van der Waals surface area contributed by atoms with Crippen LogP contribution in [0.1, 0.15) is 20.9 Å². The van der Waals surface area contributed by atoms with Crippen molar-refractivity contribution in [2.24, 2.45) is 0 Å². The molecule has 3 N–H and O–H groups in total. The van der Waals surface area contributed by atoms with E-state index in [-0.39, 0.29) is 22.8 Å². The summed E-state index contributed by atoms with van der Waals surface area (Å²) < 4.78 is 10.2. The molecule has 1 amide bonds. The molecule has 3 rings (SSSR count). The summed E-state index contributed by atoms with van der Waals surface area (Å²) >= 11 is 5.75. The maximum Gasteiger partial charge on any atom is 0.338 e. The molecular formula is C16H12ClN3O4. The number of fused-ring (bicyclic) bond motifs is 1. The van der Waals surface area contributed by atoms with Gasteiger partial charge in [0, 0.05) is 6.20 Å². The van der Waals surface area contributed by atoms with Gasteiger partial charge < -0.3 is 20.2 Å². The van der Waals surface area contributed by atoms with Gasteiger partial charge >= 0.3 is 5.97 Å². The van der Waals surface area contributed by atoms with Crippen LogP contribution in [0.15, 0.2) is 40.9 Å². The van der Waals surface area contributed by atoms with Gasteiger partial charge in [-0.15, -0.1) is 0 Å². The first-order chi connectivity index (χ1) is 11.5. The Labute approximate surface area is 141 Å². The van der Waals surface area contributed by atoms with Crippen molar-refractivity contribution in [1.29, 1.82) is 0 Å². The van der Waals surface area contributed by atoms with Crippen molar-refractivity contribution in [2.45, 2.75) is 0 Å². The topological polar surface area (TPSA) is 107 Å². The number of amides is 1. The summed E-state index contributed by atoms with van der Waals surface area (Å²) in [6.07, 6.45) is 1.40. The van der Waals surface area contributed by atoms with Crippen LogP contribution in [0.4, 0.5) is 11.5 Å². The molecule has 0 bridgehead atoms. The molecule has 24 heavy (non-hydrogen) atoms. The first kappa shape index (κ1) is 15.8. The van der Waals surface area contributed by atoms with Crippen LogP contribution >= 0.6 is 11.6 Å². The van der Waals surface area contributed by atoms with E-state index in [0.717, 1.165) is 0 Å². The average Bonchev–Trinajstić information content (AvgIpc) is 2.93. The van der Waals surface area contributed by atoms with E-state index in [4.69, 9.17) is 26.5 Å². The molecule has 7 nitrogen and oxygen atoms in total. The summed E-state index contributed by atoms with van der Waals surface area (Å²) in [6, 6.07) is 7.89. The van der Waals surface area contributed by atoms with Gasteiger partial charge in [-0.25, -0.2) is 9.78 Å². The van der Waals surface area contributed by atoms with Crippen LogP contribution in [0, 0.1) is 0 Å². The van der Waals surface area contributed by atoms with E-state index in [1.807, 2.05) is 0 Å². The zero-order chi connectivity index (χ0) is 17.3. The van der Waals surface area contributed by atoms with Crippen LogP contribution in [0.2, 0.25) is 5.02 Å². The van der Waals surface area contributed by atoms with Gasteiger partial charge in [-0.05, 0) is 24.3 Å². The van der Waals surface area contributed by atoms with Gasteiger partial charge in [0.25, 0.3) is 5.91 Å².